The van der Waals surface area contributed by atoms with Gasteiger partial charge in [-0.05, 0) is 77.7 Å². The van der Waals surface area contributed by atoms with E-state index in [9.17, 15) is 0 Å². The number of hydrogen-bond donors (Lipinski definition) is 2. The van der Waals surface area contributed by atoms with Crippen molar-refractivity contribution in [3.05, 3.63) is 0 Å². The number of piperidine rings is 1. The SMILES string of the molecule is CN(CCCCCO)CCC1CCNCC1. The topological polar surface area (TPSA) is 35.5 Å². The number of nitrogens with one attached hydrogen (secondary N) is 1. The second-order valence-corrected chi connectivity index (χ2v) is 5.07. The number of nitrogens with zero attached hydrogens (tertiary/aromatic N) is 1. The molecule has 3 nitrogen and oxygen atoms in total. The van der Waals surface area contributed by atoms with Gasteiger partial charge >= 0.3 is 0 Å². The summed E-state index contributed by atoms with van der Waals surface area (Å²) in [5.74, 6) is 0.946. The van der Waals surface area contributed by atoms with E-state index < -0.39 is 0 Å². The average molecular weight is 228 g/mol. The van der Waals surface area contributed by atoms with E-state index in [0.717, 1.165) is 18.8 Å². The minimum Gasteiger partial charge on any atom is -0.396 e. The van der Waals surface area contributed by atoms with Gasteiger partial charge in [-0.25, -0.2) is 0 Å². The average Bonchev–Trinajstić information content (AvgIpc) is 2.33. The van der Waals surface area contributed by atoms with Crippen molar-refractivity contribution in [2.24, 2.45) is 5.92 Å². The number of unbranched alkanes of at least 4 members (excludes halogenated alkanes) is 2. The van der Waals surface area contributed by atoms with Crippen LogP contribution in [0.5, 0.6) is 0 Å². The Hall–Kier alpha value is -0.120. The fourth-order valence-electron chi connectivity index (χ4n) is 2.36. The van der Waals surface area contributed by atoms with Crippen LogP contribution in [0.4, 0.5) is 0 Å². The highest BCUT2D eigenvalue weighted by Crippen LogP contribution is 2.16. The van der Waals surface area contributed by atoms with Crippen molar-refractivity contribution in [1.82, 2.24) is 10.2 Å². The molecular weight excluding hydrogens is 200 g/mol. The third-order valence-corrected chi connectivity index (χ3v) is 3.58. The van der Waals surface area contributed by atoms with Crippen molar-refractivity contribution in [1.29, 1.82) is 0 Å². The van der Waals surface area contributed by atoms with Crippen LogP contribution in [-0.2, 0) is 0 Å². The van der Waals surface area contributed by atoms with Crippen LogP contribution >= 0.6 is 0 Å². The summed E-state index contributed by atoms with van der Waals surface area (Å²) in [6.45, 7) is 5.20. The van der Waals surface area contributed by atoms with Gasteiger partial charge in [0.1, 0.15) is 0 Å². The van der Waals surface area contributed by atoms with Crippen LogP contribution in [0.15, 0.2) is 0 Å². The van der Waals surface area contributed by atoms with E-state index in [2.05, 4.69) is 17.3 Å². The first kappa shape index (κ1) is 13.9. The fourth-order valence-corrected chi connectivity index (χ4v) is 2.36. The Morgan fingerprint density at radius 1 is 1.12 bits per heavy atom. The Bertz CT molecular complexity index is 158. The third kappa shape index (κ3) is 6.46. The molecule has 3 heteroatoms. The molecule has 0 aromatic heterocycles. The van der Waals surface area contributed by atoms with Crippen molar-refractivity contribution in [2.75, 3.05) is 39.8 Å². The lowest BCUT2D eigenvalue weighted by Crippen LogP contribution is -2.30. The Morgan fingerprint density at radius 2 is 1.88 bits per heavy atom. The Balaban J connectivity index is 1.94. The summed E-state index contributed by atoms with van der Waals surface area (Å²) in [4.78, 5) is 2.44. The summed E-state index contributed by atoms with van der Waals surface area (Å²) < 4.78 is 0. The maximum atomic E-state index is 8.69. The lowest BCUT2D eigenvalue weighted by Gasteiger charge is -2.25. The second-order valence-electron chi connectivity index (χ2n) is 5.07. The number of rotatable bonds is 8. The molecule has 0 unspecified atom stereocenters. The van der Waals surface area contributed by atoms with Crippen LogP contribution in [0.3, 0.4) is 0 Å². The fraction of sp³-hybridized carbons (Fsp3) is 1.00. The molecule has 16 heavy (non-hydrogen) atoms. The molecule has 0 bridgehead atoms. The molecule has 1 rings (SSSR count). The van der Waals surface area contributed by atoms with Gasteiger partial charge < -0.3 is 15.3 Å². The van der Waals surface area contributed by atoms with Gasteiger partial charge in [0.2, 0.25) is 0 Å². The lowest BCUT2D eigenvalue weighted by atomic mass is 9.94. The predicted octanol–water partition coefficient (Wildman–Crippen LogP) is 1.47. The Morgan fingerprint density at radius 3 is 2.56 bits per heavy atom. The zero-order valence-corrected chi connectivity index (χ0v) is 10.7. The van der Waals surface area contributed by atoms with E-state index in [0.29, 0.717) is 6.61 Å². The summed E-state index contributed by atoms with van der Waals surface area (Å²) >= 11 is 0. The van der Waals surface area contributed by atoms with Crippen LogP contribution in [0.2, 0.25) is 0 Å². The first-order valence-corrected chi connectivity index (χ1v) is 6.83. The molecule has 0 atom stereocenters. The first-order valence-electron chi connectivity index (χ1n) is 6.83. The van der Waals surface area contributed by atoms with Crippen LogP contribution in [0, 0.1) is 5.92 Å². The molecule has 1 fully saturated rings. The summed E-state index contributed by atoms with van der Waals surface area (Å²) in [5, 5.41) is 12.1. The van der Waals surface area contributed by atoms with Crippen molar-refractivity contribution >= 4 is 0 Å². The molecule has 0 amide bonds. The van der Waals surface area contributed by atoms with E-state index >= 15 is 0 Å². The minimum absolute atomic E-state index is 0.346. The molecule has 0 aromatic rings. The number of aliphatic hydroxyl groups excluding tert-OH is 1. The second kappa shape index (κ2) is 8.97. The summed E-state index contributed by atoms with van der Waals surface area (Å²) in [6.07, 6.45) is 7.43. The van der Waals surface area contributed by atoms with E-state index in [1.165, 1.54) is 51.9 Å². The summed E-state index contributed by atoms with van der Waals surface area (Å²) in [6, 6.07) is 0. The van der Waals surface area contributed by atoms with E-state index in [1.807, 2.05) is 0 Å². The molecule has 1 aliphatic rings. The predicted molar refractivity (Wildman–Crippen MR) is 68.6 cm³/mol. The molecule has 0 aromatic carbocycles. The highest BCUT2D eigenvalue weighted by Gasteiger charge is 2.13. The summed E-state index contributed by atoms with van der Waals surface area (Å²) in [7, 11) is 2.22. The van der Waals surface area contributed by atoms with E-state index in [4.69, 9.17) is 5.11 Å². The smallest absolute Gasteiger partial charge is 0.0431 e. The molecular formula is C13H28N2O. The van der Waals surface area contributed by atoms with Crippen LogP contribution in [-0.4, -0.2) is 49.8 Å². The van der Waals surface area contributed by atoms with Crippen molar-refractivity contribution < 1.29 is 5.11 Å². The maximum Gasteiger partial charge on any atom is 0.0431 e. The van der Waals surface area contributed by atoms with Gasteiger partial charge in [0, 0.05) is 6.61 Å². The highest BCUT2D eigenvalue weighted by atomic mass is 16.2. The van der Waals surface area contributed by atoms with Crippen LogP contribution in [0.1, 0.15) is 38.5 Å². The van der Waals surface area contributed by atoms with Gasteiger partial charge in [-0.3, -0.25) is 0 Å². The quantitative estimate of drug-likeness (QED) is 0.618. The molecule has 1 aliphatic heterocycles. The van der Waals surface area contributed by atoms with Crippen LogP contribution in [0.25, 0.3) is 0 Å². The van der Waals surface area contributed by atoms with Gasteiger partial charge in [0.05, 0.1) is 0 Å². The lowest BCUT2D eigenvalue weighted by molar-refractivity contribution is 0.256. The zero-order chi connectivity index (χ0) is 11.6. The first-order chi connectivity index (χ1) is 7.83. The van der Waals surface area contributed by atoms with Crippen molar-refractivity contribution in [3.8, 4) is 0 Å². The summed E-state index contributed by atoms with van der Waals surface area (Å²) in [5.41, 5.74) is 0. The molecule has 96 valence electrons. The van der Waals surface area contributed by atoms with Crippen molar-refractivity contribution in [3.63, 3.8) is 0 Å². The molecule has 0 spiro atoms. The van der Waals surface area contributed by atoms with E-state index in [-0.39, 0.29) is 0 Å². The van der Waals surface area contributed by atoms with Gasteiger partial charge in [0.15, 0.2) is 0 Å². The number of aliphatic hydroxyl groups is 1. The van der Waals surface area contributed by atoms with Gasteiger partial charge in [-0.1, -0.05) is 0 Å². The Kier molecular flexibility index (Phi) is 7.81. The Labute approximate surface area is 100 Å². The van der Waals surface area contributed by atoms with Gasteiger partial charge in [-0.15, -0.1) is 0 Å². The van der Waals surface area contributed by atoms with Crippen LogP contribution < -0.4 is 5.32 Å². The van der Waals surface area contributed by atoms with Crippen molar-refractivity contribution in [2.45, 2.75) is 38.5 Å². The zero-order valence-electron chi connectivity index (χ0n) is 10.7. The monoisotopic (exact) mass is 228 g/mol. The standard InChI is InChI=1S/C13H28N2O/c1-15(10-3-2-4-12-16)11-7-13-5-8-14-9-6-13/h13-14,16H,2-12H2,1H3. The normalized spacial score (nSPS) is 18.2. The number of hydrogen-bond acceptors (Lipinski definition) is 3. The maximum absolute atomic E-state index is 8.69. The van der Waals surface area contributed by atoms with Gasteiger partial charge in [0.25, 0.3) is 0 Å². The minimum atomic E-state index is 0.346. The largest absolute Gasteiger partial charge is 0.396 e. The molecule has 1 saturated heterocycles. The molecule has 2 N–H and O–H groups in total. The molecule has 1 heterocycles. The van der Waals surface area contributed by atoms with E-state index in [1.54, 1.807) is 0 Å². The third-order valence-electron chi connectivity index (χ3n) is 3.58. The highest BCUT2D eigenvalue weighted by molar-refractivity contribution is 4.69. The molecule has 0 saturated carbocycles. The molecule has 0 radical (unpaired) electrons. The van der Waals surface area contributed by atoms with Gasteiger partial charge in [-0.2, -0.15) is 0 Å². The molecule has 0 aliphatic carbocycles.